The number of rotatable bonds is 7. The number of hydrogen-bond donors (Lipinski definition) is 3. The van der Waals surface area contributed by atoms with Crippen molar-refractivity contribution in [1.29, 1.82) is 0 Å². The van der Waals surface area contributed by atoms with Gasteiger partial charge >= 0.3 is 0 Å². The molecule has 0 aliphatic carbocycles. The van der Waals surface area contributed by atoms with Crippen molar-refractivity contribution in [3.63, 3.8) is 0 Å². The molecule has 34 heavy (non-hydrogen) atoms. The normalized spacial score (nSPS) is 11.3. The van der Waals surface area contributed by atoms with E-state index in [2.05, 4.69) is 26.7 Å². The van der Waals surface area contributed by atoms with Crippen molar-refractivity contribution < 1.29 is 14.3 Å². The summed E-state index contributed by atoms with van der Waals surface area (Å²) in [7, 11) is 3.15. The molecule has 0 aliphatic heterocycles. The average Bonchev–Trinajstić information content (AvgIpc) is 3.27. The number of benzene rings is 3. The third-order valence-electron chi connectivity index (χ3n) is 5.31. The molecule has 4 rings (SSSR count). The fraction of sp³-hybridized carbons (Fsp3) is 0.154. The number of carbonyl (C=O) groups excluding carboxylic acids is 1. The molecule has 1 heterocycles. The number of methoxy groups -OCH3 is 2. The van der Waals surface area contributed by atoms with Gasteiger partial charge in [0, 0.05) is 46.0 Å². The topological polar surface area (TPSA) is 87.7 Å². The Hall–Kier alpha value is -3.97. The number of anilines is 1. The van der Waals surface area contributed by atoms with Crippen molar-refractivity contribution in [3.8, 4) is 11.5 Å². The van der Waals surface area contributed by atoms with E-state index in [1.54, 1.807) is 50.6 Å². The minimum Gasteiger partial charge on any atom is -0.493 e. The lowest BCUT2D eigenvalue weighted by atomic mass is 10.1. The molecule has 174 valence electrons. The molecule has 8 heteroatoms. The zero-order chi connectivity index (χ0) is 23.9. The molecule has 0 atom stereocenters. The van der Waals surface area contributed by atoms with Crippen molar-refractivity contribution >= 4 is 40.1 Å². The Morgan fingerprint density at radius 2 is 1.76 bits per heavy atom. The highest BCUT2D eigenvalue weighted by Crippen LogP contribution is 2.29. The van der Waals surface area contributed by atoms with Gasteiger partial charge in [-0.15, -0.1) is 0 Å². The van der Waals surface area contributed by atoms with Crippen LogP contribution >= 0.6 is 11.6 Å². The number of fused-ring (bicyclic) bond motifs is 1. The van der Waals surface area contributed by atoms with Crippen LogP contribution in [0.15, 0.2) is 77.9 Å². The first-order chi connectivity index (χ1) is 16.6. The summed E-state index contributed by atoms with van der Waals surface area (Å²) in [4.78, 5) is 20.7. The number of para-hydroxylation sites is 1. The number of nitrogens with zero attached hydrogens (tertiary/aromatic N) is 1. The smallest absolute Gasteiger partial charge is 0.257 e. The van der Waals surface area contributed by atoms with Gasteiger partial charge in [-0.1, -0.05) is 29.8 Å². The molecule has 0 saturated carbocycles. The van der Waals surface area contributed by atoms with E-state index in [1.807, 2.05) is 30.5 Å². The van der Waals surface area contributed by atoms with Gasteiger partial charge in [-0.2, -0.15) is 0 Å². The zero-order valence-corrected chi connectivity index (χ0v) is 19.6. The quantitative estimate of drug-likeness (QED) is 0.250. The van der Waals surface area contributed by atoms with Crippen LogP contribution in [0, 0.1) is 0 Å². The molecule has 7 nitrogen and oxygen atoms in total. The van der Waals surface area contributed by atoms with Crippen LogP contribution in [-0.2, 0) is 6.42 Å². The van der Waals surface area contributed by atoms with Gasteiger partial charge in [0.1, 0.15) is 0 Å². The van der Waals surface area contributed by atoms with Crippen LogP contribution in [0.2, 0.25) is 5.02 Å². The predicted octanol–water partition coefficient (Wildman–Crippen LogP) is 5.28. The third-order valence-corrected chi connectivity index (χ3v) is 5.56. The number of guanidine groups is 1. The maximum atomic E-state index is 12.8. The molecular weight excluding hydrogens is 452 g/mol. The third kappa shape index (κ3) is 5.50. The first kappa shape index (κ1) is 23.2. The minimum atomic E-state index is -0.296. The number of carbonyl (C=O) groups is 1. The van der Waals surface area contributed by atoms with Crippen molar-refractivity contribution in [3.05, 3.63) is 89.1 Å². The Labute approximate surface area is 202 Å². The Balaban J connectivity index is 1.54. The van der Waals surface area contributed by atoms with Gasteiger partial charge in [-0.3, -0.25) is 15.1 Å². The number of hydrogen-bond acceptors (Lipinski definition) is 4. The maximum absolute atomic E-state index is 12.8. The molecule has 0 bridgehead atoms. The second-order valence-corrected chi connectivity index (χ2v) is 7.93. The molecule has 0 fully saturated rings. The Kier molecular flexibility index (Phi) is 7.34. The number of ether oxygens (including phenoxy) is 2. The second-order valence-electron chi connectivity index (χ2n) is 7.50. The Morgan fingerprint density at radius 3 is 2.53 bits per heavy atom. The number of aliphatic imine (C=N–C) groups is 1. The van der Waals surface area contributed by atoms with E-state index in [0.29, 0.717) is 46.7 Å². The molecule has 0 spiro atoms. The fourth-order valence-electron chi connectivity index (χ4n) is 3.57. The van der Waals surface area contributed by atoms with Crippen molar-refractivity contribution in [2.75, 3.05) is 26.1 Å². The zero-order valence-electron chi connectivity index (χ0n) is 18.9. The summed E-state index contributed by atoms with van der Waals surface area (Å²) in [5.41, 5.74) is 3.41. The van der Waals surface area contributed by atoms with E-state index in [1.165, 1.54) is 0 Å². The Morgan fingerprint density at radius 1 is 1.00 bits per heavy atom. The molecular formula is C26H25ClN4O3. The molecule has 1 aromatic heterocycles. The maximum Gasteiger partial charge on any atom is 0.257 e. The molecule has 0 saturated heterocycles. The van der Waals surface area contributed by atoms with Crippen LogP contribution in [0.4, 0.5) is 5.69 Å². The van der Waals surface area contributed by atoms with Crippen LogP contribution in [0.25, 0.3) is 10.9 Å². The van der Waals surface area contributed by atoms with Crippen molar-refractivity contribution in [2.24, 2.45) is 4.99 Å². The Bertz CT molecular complexity index is 1320. The molecule has 0 aliphatic rings. The van der Waals surface area contributed by atoms with Crippen molar-refractivity contribution in [1.82, 2.24) is 10.3 Å². The monoisotopic (exact) mass is 476 g/mol. The van der Waals surface area contributed by atoms with Gasteiger partial charge < -0.3 is 19.8 Å². The summed E-state index contributed by atoms with van der Waals surface area (Å²) in [5.74, 6) is 1.20. The van der Waals surface area contributed by atoms with Crippen molar-refractivity contribution in [2.45, 2.75) is 6.42 Å². The highest BCUT2D eigenvalue weighted by atomic mass is 35.5. The van der Waals surface area contributed by atoms with Crippen LogP contribution in [0.3, 0.4) is 0 Å². The molecule has 0 radical (unpaired) electrons. The van der Waals surface area contributed by atoms with Crippen LogP contribution < -0.4 is 20.1 Å². The average molecular weight is 477 g/mol. The van der Waals surface area contributed by atoms with Gasteiger partial charge in [0.15, 0.2) is 11.5 Å². The fourth-order valence-corrected chi connectivity index (χ4v) is 3.69. The molecule has 3 aromatic carbocycles. The minimum absolute atomic E-state index is 0.296. The summed E-state index contributed by atoms with van der Waals surface area (Å²) < 4.78 is 10.7. The van der Waals surface area contributed by atoms with E-state index in [4.69, 9.17) is 21.1 Å². The molecule has 3 N–H and O–H groups in total. The molecule has 4 aromatic rings. The number of H-pyrrole nitrogens is 1. The standard InChI is InChI=1S/C26H25ClN4O3/c1-33-23-12-11-20(15-24(23)34-2)30-26(31-25(32)17-7-9-19(27)10-8-17)28-14-13-18-16-29-22-6-4-3-5-21(18)22/h3-12,15-16,29H,13-14H2,1-2H3,(H2,28,30,31,32). The predicted molar refractivity (Wildman–Crippen MR) is 136 cm³/mol. The van der Waals surface area contributed by atoms with Crippen LogP contribution in [0.1, 0.15) is 15.9 Å². The van der Waals surface area contributed by atoms with E-state index in [0.717, 1.165) is 16.5 Å². The van der Waals surface area contributed by atoms with E-state index in [-0.39, 0.29) is 5.91 Å². The van der Waals surface area contributed by atoms with E-state index < -0.39 is 0 Å². The number of nitrogens with one attached hydrogen (secondary N) is 3. The molecule has 1 amide bonds. The summed E-state index contributed by atoms with van der Waals surface area (Å²) in [5, 5.41) is 7.77. The van der Waals surface area contributed by atoms with Gasteiger partial charge in [0.2, 0.25) is 5.96 Å². The van der Waals surface area contributed by atoms with Crippen LogP contribution in [0.5, 0.6) is 11.5 Å². The summed E-state index contributed by atoms with van der Waals surface area (Å²) >= 11 is 5.95. The lowest BCUT2D eigenvalue weighted by Gasteiger charge is -2.14. The number of amides is 1. The summed E-state index contributed by atoms with van der Waals surface area (Å²) in [6.45, 7) is 0.471. The van der Waals surface area contributed by atoms with Gasteiger partial charge in [-0.25, -0.2) is 0 Å². The SMILES string of the molecule is COc1ccc(NC(=NCCc2c[nH]c3ccccc23)NC(=O)c2ccc(Cl)cc2)cc1OC. The lowest BCUT2D eigenvalue weighted by Crippen LogP contribution is -2.36. The highest BCUT2D eigenvalue weighted by molar-refractivity contribution is 6.30. The number of aromatic nitrogens is 1. The molecule has 0 unspecified atom stereocenters. The number of aromatic amines is 1. The van der Waals surface area contributed by atoms with Gasteiger partial charge in [0.05, 0.1) is 14.2 Å². The highest BCUT2D eigenvalue weighted by Gasteiger charge is 2.12. The summed E-state index contributed by atoms with van der Waals surface area (Å²) in [6, 6.07) is 20.2. The largest absolute Gasteiger partial charge is 0.493 e. The van der Waals surface area contributed by atoms with E-state index >= 15 is 0 Å². The van der Waals surface area contributed by atoms with Gasteiger partial charge in [0.25, 0.3) is 5.91 Å². The summed E-state index contributed by atoms with van der Waals surface area (Å²) in [6.07, 6.45) is 2.70. The first-order valence-electron chi connectivity index (χ1n) is 10.7. The second kappa shape index (κ2) is 10.8. The number of halogens is 1. The van der Waals surface area contributed by atoms with Crippen LogP contribution in [-0.4, -0.2) is 37.6 Å². The lowest BCUT2D eigenvalue weighted by molar-refractivity contribution is 0.0977. The first-order valence-corrected chi connectivity index (χ1v) is 11.1. The van der Waals surface area contributed by atoms with E-state index in [9.17, 15) is 4.79 Å². The van der Waals surface area contributed by atoms with Gasteiger partial charge in [-0.05, 0) is 54.4 Å².